The number of hydrogen-bond acceptors (Lipinski definition) is 4. The Hall–Kier alpha value is -3.00. The van der Waals surface area contributed by atoms with E-state index in [4.69, 9.17) is 0 Å². The van der Waals surface area contributed by atoms with Crippen molar-refractivity contribution in [1.29, 1.82) is 0 Å². The Morgan fingerprint density at radius 2 is 1.83 bits per heavy atom. The first-order valence-corrected chi connectivity index (χ1v) is 10.6. The molecule has 154 valence electrons. The van der Waals surface area contributed by atoms with Gasteiger partial charge in [-0.2, -0.15) is 0 Å². The Morgan fingerprint density at radius 3 is 2.67 bits per heavy atom. The van der Waals surface area contributed by atoms with Crippen LogP contribution in [-0.2, 0) is 11.3 Å². The van der Waals surface area contributed by atoms with Crippen molar-refractivity contribution in [3.63, 3.8) is 0 Å². The van der Waals surface area contributed by atoms with Crippen LogP contribution in [0, 0.1) is 6.92 Å². The number of rotatable bonds is 7. The molecule has 0 atom stereocenters. The second-order valence-electron chi connectivity index (χ2n) is 7.20. The monoisotopic (exact) mass is 468 g/mol. The zero-order chi connectivity index (χ0) is 21.3. The van der Waals surface area contributed by atoms with Gasteiger partial charge in [0.15, 0.2) is 0 Å². The van der Waals surface area contributed by atoms with Crippen molar-refractivity contribution in [2.24, 2.45) is 0 Å². The van der Waals surface area contributed by atoms with Crippen LogP contribution in [0.1, 0.15) is 39.4 Å². The number of fused-ring (bicyclic) bond motifs is 2. The summed E-state index contributed by atoms with van der Waals surface area (Å²) in [4.78, 5) is 42.7. The molecule has 3 aromatic rings. The van der Waals surface area contributed by atoms with E-state index in [1.807, 2.05) is 31.2 Å². The second kappa shape index (κ2) is 8.39. The summed E-state index contributed by atoms with van der Waals surface area (Å²) in [5.74, 6) is 0.0593. The standard InChI is InChI=1S/C22H21BrN4O3/c1-14-25-18-5-2-3-6-19(18)26(14)11-4-10-24-20(28)9-12-27-21(29)16-8-7-15(23)13-17(16)22(27)30/h2-3,5-8,13H,4,9-12H2,1H3,(H,24,28). The van der Waals surface area contributed by atoms with Crippen LogP contribution in [0.3, 0.4) is 0 Å². The van der Waals surface area contributed by atoms with Crippen molar-refractivity contribution >= 4 is 44.7 Å². The first-order chi connectivity index (χ1) is 14.5. The highest BCUT2D eigenvalue weighted by atomic mass is 79.9. The number of aryl methyl sites for hydroxylation is 2. The van der Waals surface area contributed by atoms with Crippen LogP contribution >= 0.6 is 15.9 Å². The van der Waals surface area contributed by atoms with E-state index in [-0.39, 0.29) is 30.7 Å². The van der Waals surface area contributed by atoms with E-state index < -0.39 is 0 Å². The van der Waals surface area contributed by atoms with Gasteiger partial charge < -0.3 is 9.88 Å². The molecule has 30 heavy (non-hydrogen) atoms. The molecule has 2 heterocycles. The number of benzene rings is 2. The molecule has 0 saturated carbocycles. The van der Waals surface area contributed by atoms with Crippen LogP contribution in [0.5, 0.6) is 0 Å². The van der Waals surface area contributed by atoms with E-state index in [0.717, 1.165) is 39.2 Å². The van der Waals surface area contributed by atoms with Crippen LogP contribution in [0.25, 0.3) is 11.0 Å². The minimum atomic E-state index is -0.355. The van der Waals surface area contributed by atoms with E-state index in [1.54, 1.807) is 18.2 Å². The fraction of sp³-hybridized carbons (Fsp3) is 0.273. The van der Waals surface area contributed by atoms with Crippen LogP contribution in [-0.4, -0.2) is 45.3 Å². The van der Waals surface area contributed by atoms with Crippen LogP contribution in [0.4, 0.5) is 0 Å². The molecule has 8 heteroatoms. The molecule has 3 amide bonds. The van der Waals surface area contributed by atoms with Crippen molar-refractivity contribution in [2.75, 3.05) is 13.1 Å². The number of hydrogen-bond donors (Lipinski definition) is 1. The Balaban J connectivity index is 1.25. The quantitative estimate of drug-likeness (QED) is 0.425. The molecule has 0 fully saturated rings. The van der Waals surface area contributed by atoms with Gasteiger partial charge in [-0.15, -0.1) is 0 Å². The maximum Gasteiger partial charge on any atom is 0.261 e. The number of imide groups is 1. The largest absolute Gasteiger partial charge is 0.356 e. The molecule has 2 aromatic carbocycles. The van der Waals surface area contributed by atoms with Gasteiger partial charge in [-0.3, -0.25) is 19.3 Å². The molecular formula is C22H21BrN4O3. The summed E-state index contributed by atoms with van der Waals surface area (Å²) in [6.45, 7) is 3.31. The number of nitrogens with zero attached hydrogens (tertiary/aromatic N) is 3. The number of aromatic nitrogens is 2. The summed E-state index contributed by atoms with van der Waals surface area (Å²) in [6, 6.07) is 13.0. The lowest BCUT2D eigenvalue weighted by Gasteiger charge is -2.13. The normalized spacial score (nSPS) is 13.2. The Bertz CT molecular complexity index is 1150. The lowest BCUT2D eigenvalue weighted by atomic mass is 10.1. The predicted molar refractivity (Wildman–Crippen MR) is 116 cm³/mol. The van der Waals surface area contributed by atoms with Crippen LogP contribution in [0.2, 0.25) is 0 Å². The highest BCUT2D eigenvalue weighted by Crippen LogP contribution is 2.26. The second-order valence-corrected chi connectivity index (χ2v) is 8.12. The third-order valence-electron chi connectivity index (χ3n) is 5.22. The van der Waals surface area contributed by atoms with Gasteiger partial charge in [0.25, 0.3) is 11.8 Å². The minimum Gasteiger partial charge on any atom is -0.356 e. The van der Waals surface area contributed by atoms with Gasteiger partial charge in [-0.1, -0.05) is 28.1 Å². The smallest absolute Gasteiger partial charge is 0.261 e. The molecule has 0 spiro atoms. The SMILES string of the molecule is Cc1nc2ccccc2n1CCCNC(=O)CCN1C(=O)c2ccc(Br)cc2C1=O. The summed E-state index contributed by atoms with van der Waals surface area (Å²) in [5.41, 5.74) is 2.80. The molecule has 1 aliphatic heterocycles. The summed E-state index contributed by atoms with van der Waals surface area (Å²) in [5, 5.41) is 2.87. The summed E-state index contributed by atoms with van der Waals surface area (Å²) in [6.07, 6.45) is 0.841. The van der Waals surface area contributed by atoms with Gasteiger partial charge in [0.2, 0.25) is 5.91 Å². The van der Waals surface area contributed by atoms with E-state index in [2.05, 4.69) is 30.8 Å². The van der Waals surface area contributed by atoms with Crippen molar-refractivity contribution in [1.82, 2.24) is 19.8 Å². The highest BCUT2D eigenvalue weighted by Gasteiger charge is 2.35. The fourth-order valence-electron chi connectivity index (χ4n) is 3.71. The third-order valence-corrected chi connectivity index (χ3v) is 5.71. The molecule has 0 unspecified atom stereocenters. The van der Waals surface area contributed by atoms with Crippen LogP contribution < -0.4 is 5.32 Å². The van der Waals surface area contributed by atoms with Gasteiger partial charge in [-0.25, -0.2) is 4.98 Å². The molecule has 0 bridgehead atoms. The summed E-state index contributed by atoms with van der Waals surface area (Å²) in [7, 11) is 0. The zero-order valence-electron chi connectivity index (χ0n) is 16.5. The average Bonchev–Trinajstić information content (AvgIpc) is 3.17. The maximum absolute atomic E-state index is 12.4. The molecule has 1 aromatic heterocycles. The summed E-state index contributed by atoms with van der Waals surface area (Å²) >= 11 is 3.31. The Labute approximate surface area is 182 Å². The maximum atomic E-state index is 12.4. The van der Waals surface area contributed by atoms with E-state index in [9.17, 15) is 14.4 Å². The van der Waals surface area contributed by atoms with Gasteiger partial charge >= 0.3 is 0 Å². The number of imidazole rings is 1. The van der Waals surface area contributed by atoms with Crippen molar-refractivity contribution in [3.05, 3.63) is 63.9 Å². The van der Waals surface area contributed by atoms with Gasteiger partial charge in [-0.05, 0) is 43.7 Å². The minimum absolute atomic E-state index is 0.0705. The Kier molecular flexibility index (Phi) is 5.67. The molecule has 0 aliphatic carbocycles. The predicted octanol–water partition coefficient (Wildman–Crippen LogP) is 3.30. The number of amides is 3. The van der Waals surface area contributed by atoms with Crippen molar-refractivity contribution in [3.8, 4) is 0 Å². The van der Waals surface area contributed by atoms with Crippen molar-refractivity contribution in [2.45, 2.75) is 26.3 Å². The number of carbonyl (C=O) groups excluding carboxylic acids is 3. The van der Waals surface area contributed by atoms with E-state index >= 15 is 0 Å². The van der Waals surface area contributed by atoms with Gasteiger partial charge in [0.05, 0.1) is 22.2 Å². The van der Waals surface area contributed by atoms with Crippen LogP contribution in [0.15, 0.2) is 46.9 Å². The zero-order valence-corrected chi connectivity index (χ0v) is 18.1. The van der Waals surface area contributed by atoms with Gasteiger partial charge in [0, 0.05) is 30.5 Å². The number of carbonyl (C=O) groups is 3. The summed E-state index contributed by atoms with van der Waals surface area (Å²) < 4.78 is 2.88. The number of halogens is 1. The topological polar surface area (TPSA) is 84.3 Å². The molecule has 1 N–H and O–H groups in total. The first kappa shape index (κ1) is 20.3. The molecule has 0 saturated heterocycles. The van der Waals surface area contributed by atoms with E-state index in [0.29, 0.717) is 17.7 Å². The van der Waals surface area contributed by atoms with Gasteiger partial charge in [0.1, 0.15) is 5.82 Å². The molecule has 1 aliphatic rings. The lowest BCUT2D eigenvalue weighted by Crippen LogP contribution is -2.35. The Morgan fingerprint density at radius 1 is 1.07 bits per heavy atom. The number of nitrogens with one attached hydrogen (secondary N) is 1. The molecular weight excluding hydrogens is 448 g/mol. The highest BCUT2D eigenvalue weighted by molar-refractivity contribution is 9.10. The lowest BCUT2D eigenvalue weighted by molar-refractivity contribution is -0.121. The third kappa shape index (κ3) is 3.87. The molecule has 4 rings (SSSR count). The van der Waals surface area contributed by atoms with Crippen molar-refractivity contribution < 1.29 is 14.4 Å². The first-order valence-electron chi connectivity index (χ1n) is 9.80. The number of para-hydroxylation sites is 2. The fourth-order valence-corrected chi connectivity index (χ4v) is 4.07. The van der Waals surface area contributed by atoms with E-state index in [1.165, 1.54) is 0 Å². The molecule has 7 nitrogen and oxygen atoms in total. The molecule has 0 radical (unpaired) electrons. The average molecular weight is 469 g/mol.